The monoisotopic (exact) mass is 359 g/mol. The molecule has 1 amide bonds. The first-order valence-electron chi connectivity index (χ1n) is 5.64. The molecule has 2 aromatic rings. The maximum atomic E-state index is 13.0. The molecule has 0 saturated heterocycles. The Hall–Kier alpha value is -1.46. The average molecular weight is 361 g/mol. The van der Waals surface area contributed by atoms with Gasteiger partial charge in [-0.05, 0) is 51.8 Å². The van der Waals surface area contributed by atoms with Gasteiger partial charge in [-0.1, -0.05) is 17.7 Å². The number of rotatable bonds is 3. The quantitative estimate of drug-likeness (QED) is 0.854. The fraction of sp³-hybridized carbons (Fsp3) is 0.0714. The van der Waals surface area contributed by atoms with Gasteiger partial charge < -0.3 is 5.32 Å². The van der Waals surface area contributed by atoms with Crippen LogP contribution in [-0.2, 0) is 11.2 Å². The number of carbonyl (C=O) groups excluding carboxylic acids is 1. The fourth-order valence-corrected chi connectivity index (χ4v) is 2.04. The van der Waals surface area contributed by atoms with Gasteiger partial charge in [0, 0.05) is 10.2 Å². The Balaban J connectivity index is 2.04. The predicted octanol–water partition coefficient (Wildman–Crippen LogP) is 4.56. The van der Waals surface area contributed by atoms with E-state index in [4.69, 9.17) is 11.6 Å². The van der Waals surface area contributed by atoms with Gasteiger partial charge in [0.05, 0.1) is 11.4 Å². The van der Waals surface area contributed by atoms with Crippen LogP contribution in [0.15, 0.2) is 40.9 Å². The zero-order chi connectivity index (χ0) is 14.7. The molecule has 0 radical (unpaired) electrons. The molecule has 0 unspecified atom stereocenters. The third-order valence-corrected chi connectivity index (χ3v) is 3.78. The van der Waals surface area contributed by atoms with Crippen molar-refractivity contribution in [3.8, 4) is 0 Å². The summed E-state index contributed by atoms with van der Waals surface area (Å²) in [4.78, 5) is 11.8. The van der Waals surface area contributed by atoms with Crippen LogP contribution in [0.5, 0.6) is 0 Å². The number of nitrogens with one attached hydrogen (secondary N) is 1. The molecule has 0 spiro atoms. The Bertz CT molecular complexity index is 608. The van der Waals surface area contributed by atoms with Crippen LogP contribution in [-0.4, -0.2) is 5.91 Å². The summed E-state index contributed by atoms with van der Waals surface area (Å²) in [7, 11) is 0. The van der Waals surface area contributed by atoms with Gasteiger partial charge in [-0.15, -0.1) is 0 Å². The maximum Gasteiger partial charge on any atom is 0.228 e. The van der Waals surface area contributed by atoms with Crippen LogP contribution >= 0.6 is 27.5 Å². The molecule has 2 aromatic carbocycles. The van der Waals surface area contributed by atoms with Crippen molar-refractivity contribution in [3.63, 3.8) is 0 Å². The summed E-state index contributed by atoms with van der Waals surface area (Å²) >= 11 is 9.15. The SMILES string of the molecule is O=C(Cc1ccc(F)c(F)c1)Nc1ccc(Br)c(Cl)c1. The van der Waals surface area contributed by atoms with E-state index in [0.717, 1.165) is 16.6 Å². The van der Waals surface area contributed by atoms with E-state index in [9.17, 15) is 13.6 Å². The number of hydrogen-bond donors (Lipinski definition) is 1. The van der Waals surface area contributed by atoms with Crippen LogP contribution in [0.25, 0.3) is 0 Å². The molecule has 6 heteroatoms. The molecule has 0 aromatic heterocycles. The van der Waals surface area contributed by atoms with E-state index in [1.54, 1.807) is 18.2 Å². The van der Waals surface area contributed by atoms with Crippen LogP contribution in [0.3, 0.4) is 0 Å². The summed E-state index contributed by atoms with van der Waals surface area (Å²) in [6.45, 7) is 0. The third kappa shape index (κ3) is 3.77. The van der Waals surface area contributed by atoms with Gasteiger partial charge >= 0.3 is 0 Å². The van der Waals surface area contributed by atoms with E-state index >= 15 is 0 Å². The minimum absolute atomic E-state index is 0.0507. The Morgan fingerprint density at radius 2 is 1.90 bits per heavy atom. The molecule has 0 aliphatic rings. The van der Waals surface area contributed by atoms with Crippen molar-refractivity contribution in [2.75, 3.05) is 5.32 Å². The normalized spacial score (nSPS) is 10.4. The summed E-state index contributed by atoms with van der Waals surface area (Å²) in [5.41, 5.74) is 0.926. The molecule has 0 fully saturated rings. The summed E-state index contributed by atoms with van der Waals surface area (Å²) in [5.74, 6) is -2.25. The van der Waals surface area contributed by atoms with Crippen molar-refractivity contribution in [2.24, 2.45) is 0 Å². The number of halogens is 4. The molecule has 0 aliphatic heterocycles. The van der Waals surface area contributed by atoms with Gasteiger partial charge in [-0.2, -0.15) is 0 Å². The van der Waals surface area contributed by atoms with E-state index in [1.807, 2.05) is 0 Å². The summed E-state index contributed by atoms with van der Waals surface area (Å²) in [5, 5.41) is 3.10. The zero-order valence-corrected chi connectivity index (χ0v) is 12.4. The van der Waals surface area contributed by atoms with E-state index in [-0.39, 0.29) is 12.3 Å². The number of carbonyl (C=O) groups is 1. The smallest absolute Gasteiger partial charge is 0.228 e. The standard InChI is InChI=1S/C14H9BrClF2NO/c15-10-3-2-9(7-11(10)16)19-14(20)6-8-1-4-12(17)13(18)5-8/h1-5,7H,6H2,(H,19,20). The molecule has 0 aliphatic carbocycles. The second-order valence-electron chi connectivity index (χ2n) is 4.10. The van der Waals surface area contributed by atoms with Gasteiger partial charge in [0.15, 0.2) is 11.6 Å². The van der Waals surface area contributed by atoms with Gasteiger partial charge in [0.1, 0.15) is 0 Å². The summed E-state index contributed by atoms with van der Waals surface area (Å²) < 4.78 is 26.5. The minimum Gasteiger partial charge on any atom is -0.326 e. The van der Waals surface area contributed by atoms with Gasteiger partial charge in [-0.25, -0.2) is 8.78 Å². The highest BCUT2D eigenvalue weighted by atomic mass is 79.9. The predicted molar refractivity (Wildman–Crippen MR) is 77.8 cm³/mol. The first kappa shape index (κ1) is 14.9. The Morgan fingerprint density at radius 3 is 2.55 bits per heavy atom. The number of benzene rings is 2. The van der Waals surface area contributed by atoms with E-state index in [0.29, 0.717) is 16.3 Å². The summed E-state index contributed by atoms with van der Waals surface area (Å²) in [6.07, 6.45) is -0.0507. The number of amides is 1. The van der Waals surface area contributed by atoms with Crippen LogP contribution in [0.2, 0.25) is 5.02 Å². The van der Waals surface area contributed by atoms with E-state index in [1.165, 1.54) is 6.07 Å². The first-order chi connectivity index (χ1) is 9.45. The molecule has 0 heterocycles. The second-order valence-corrected chi connectivity index (χ2v) is 5.36. The summed E-state index contributed by atoms with van der Waals surface area (Å²) in [6, 6.07) is 8.34. The highest BCUT2D eigenvalue weighted by molar-refractivity contribution is 9.10. The third-order valence-electron chi connectivity index (χ3n) is 2.55. The second kappa shape index (κ2) is 6.33. The molecular weight excluding hydrogens is 352 g/mol. The lowest BCUT2D eigenvalue weighted by Gasteiger charge is -2.07. The molecule has 0 saturated carbocycles. The molecule has 2 rings (SSSR count). The van der Waals surface area contributed by atoms with Crippen LogP contribution in [0.4, 0.5) is 14.5 Å². The van der Waals surface area contributed by atoms with Crippen molar-refractivity contribution in [2.45, 2.75) is 6.42 Å². The van der Waals surface area contributed by atoms with Crippen LogP contribution in [0.1, 0.15) is 5.56 Å². The molecule has 0 atom stereocenters. The van der Waals surface area contributed by atoms with Crippen molar-refractivity contribution in [1.29, 1.82) is 0 Å². The van der Waals surface area contributed by atoms with E-state index < -0.39 is 11.6 Å². The molecule has 104 valence electrons. The molecule has 0 bridgehead atoms. The van der Waals surface area contributed by atoms with Gasteiger partial charge in [0.25, 0.3) is 0 Å². The first-order valence-corrected chi connectivity index (χ1v) is 6.81. The lowest BCUT2D eigenvalue weighted by atomic mass is 10.1. The molecule has 20 heavy (non-hydrogen) atoms. The Labute approximate surface area is 127 Å². The van der Waals surface area contributed by atoms with Gasteiger partial charge in [-0.3, -0.25) is 4.79 Å². The highest BCUT2D eigenvalue weighted by Gasteiger charge is 2.08. The lowest BCUT2D eigenvalue weighted by Crippen LogP contribution is -2.14. The number of hydrogen-bond acceptors (Lipinski definition) is 1. The molecule has 1 N–H and O–H groups in total. The zero-order valence-electron chi connectivity index (χ0n) is 10.1. The topological polar surface area (TPSA) is 29.1 Å². The van der Waals surface area contributed by atoms with Crippen LogP contribution in [0, 0.1) is 11.6 Å². The minimum atomic E-state index is -0.970. The van der Waals surface area contributed by atoms with Crippen molar-refractivity contribution >= 4 is 39.1 Å². The van der Waals surface area contributed by atoms with Crippen molar-refractivity contribution in [1.82, 2.24) is 0 Å². The van der Waals surface area contributed by atoms with Crippen molar-refractivity contribution < 1.29 is 13.6 Å². The highest BCUT2D eigenvalue weighted by Crippen LogP contribution is 2.25. The maximum absolute atomic E-state index is 13.0. The molecule has 2 nitrogen and oxygen atoms in total. The lowest BCUT2D eigenvalue weighted by molar-refractivity contribution is -0.115. The average Bonchev–Trinajstić information content (AvgIpc) is 2.38. The van der Waals surface area contributed by atoms with Gasteiger partial charge in [0.2, 0.25) is 5.91 Å². The molecular formula is C14H9BrClF2NO. The van der Waals surface area contributed by atoms with Crippen molar-refractivity contribution in [3.05, 3.63) is 63.1 Å². The fourth-order valence-electron chi connectivity index (χ4n) is 1.61. The van der Waals surface area contributed by atoms with Crippen LogP contribution < -0.4 is 5.32 Å². The Morgan fingerprint density at radius 1 is 1.15 bits per heavy atom. The largest absolute Gasteiger partial charge is 0.326 e. The Kier molecular flexibility index (Phi) is 4.73. The number of anilines is 1. The van der Waals surface area contributed by atoms with E-state index in [2.05, 4.69) is 21.2 Å².